The second-order valence-corrected chi connectivity index (χ2v) is 6.21. The van der Waals surface area contributed by atoms with Crippen molar-refractivity contribution in [3.8, 4) is 0 Å². The van der Waals surface area contributed by atoms with Gasteiger partial charge in [0.2, 0.25) is 0 Å². The highest BCUT2D eigenvalue weighted by molar-refractivity contribution is 14.0. The molecule has 0 amide bonds. The second-order valence-electron chi connectivity index (χ2n) is 6.21. The molecule has 2 rings (SSSR count). The molecule has 1 aliphatic carbocycles. The fraction of sp³-hybridized carbons (Fsp3) is 0.929. The number of alkyl halides is 3. The van der Waals surface area contributed by atoms with Crippen molar-refractivity contribution in [1.29, 1.82) is 0 Å². The number of piperidine rings is 1. The van der Waals surface area contributed by atoms with E-state index < -0.39 is 12.7 Å². The molecular formula is C14H26F3IN4. The molecule has 2 N–H and O–H groups in total. The highest BCUT2D eigenvalue weighted by Crippen LogP contribution is 2.26. The first-order valence-electron chi connectivity index (χ1n) is 7.67. The van der Waals surface area contributed by atoms with Crippen LogP contribution in [0.3, 0.4) is 0 Å². The molecule has 22 heavy (non-hydrogen) atoms. The molecular weight excluding hydrogens is 408 g/mol. The number of likely N-dealkylation sites (tertiary alicyclic amines) is 1. The van der Waals surface area contributed by atoms with E-state index in [1.54, 1.807) is 0 Å². The zero-order valence-electron chi connectivity index (χ0n) is 13.0. The predicted molar refractivity (Wildman–Crippen MR) is 92.5 cm³/mol. The second kappa shape index (κ2) is 8.56. The van der Waals surface area contributed by atoms with Gasteiger partial charge in [0.15, 0.2) is 5.96 Å². The normalized spacial score (nSPS) is 21.5. The van der Waals surface area contributed by atoms with E-state index in [1.807, 2.05) is 11.9 Å². The van der Waals surface area contributed by atoms with Gasteiger partial charge < -0.3 is 10.6 Å². The Kier molecular flexibility index (Phi) is 7.70. The highest BCUT2D eigenvalue weighted by Gasteiger charge is 2.32. The topological polar surface area (TPSA) is 44.9 Å². The molecule has 0 atom stereocenters. The minimum absolute atomic E-state index is 0. The Labute approximate surface area is 147 Å². The van der Waals surface area contributed by atoms with Gasteiger partial charge in [0, 0.05) is 19.6 Å². The Morgan fingerprint density at radius 2 is 1.82 bits per heavy atom. The van der Waals surface area contributed by atoms with Crippen molar-refractivity contribution in [2.45, 2.75) is 44.3 Å². The Morgan fingerprint density at radius 3 is 2.32 bits per heavy atom. The first-order chi connectivity index (χ1) is 9.85. The predicted octanol–water partition coefficient (Wildman–Crippen LogP) is 2.68. The summed E-state index contributed by atoms with van der Waals surface area (Å²) in [4.78, 5) is 7.90. The molecule has 0 aromatic heterocycles. The molecule has 130 valence electrons. The lowest BCUT2D eigenvalue weighted by Crippen LogP contribution is -2.40. The lowest BCUT2D eigenvalue weighted by Gasteiger charge is -2.32. The molecule has 0 radical (unpaired) electrons. The van der Waals surface area contributed by atoms with Crippen LogP contribution in [0, 0.1) is 5.92 Å². The minimum atomic E-state index is -4.08. The van der Waals surface area contributed by atoms with E-state index in [2.05, 4.69) is 4.99 Å². The van der Waals surface area contributed by atoms with Crippen molar-refractivity contribution in [3.63, 3.8) is 0 Å². The van der Waals surface area contributed by atoms with Gasteiger partial charge in [-0.3, -0.25) is 9.89 Å². The SMILES string of the molecule is CN(C(N)=NCCC1CCN(CC(F)(F)F)CC1)C1CC1.I. The van der Waals surface area contributed by atoms with Crippen LogP contribution in [-0.2, 0) is 0 Å². The van der Waals surface area contributed by atoms with E-state index in [0.29, 0.717) is 37.6 Å². The summed E-state index contributed by atoms with van der Waals surface area (Å²) in [6.07, 6.45) is 0.848. The zero-order chi connectivity index (χ0) is 15.5. The van der Waals surface area contributed by atoms with Crippen LogP contribution in [0.25, 0.3) is 0 Å². The quantitative estimate of drug-likeness (QED) is 0.411. The molecule has 0 aromatic carbocycles. The summed E-state index contributed by atoms with van der Waals surface area (Å²) >= 11 is 0. The number of guanidine groups is 1. The van der Waals surface area contributed by atoms with Crippen LogP contribution in [0.1, 0.15) is 32.1 Å². The van der Waals surface area contributed by atoms with Gasteiger partial charge in [-0.1, -0.05) is 0 Å². The molecule has 4 nitrogen and oxygen atoms in total. The number of aliphatic imine (C=N–C) groups is 1. The van der Waals surface area contributed by atoms with E-state index in [4.69, 9.17) is 5.73 Å². The van der Waals surface area contributed by atoms with Crippen LogP contribution >= 0.6 is 24.0 Å². The summed E-state index contributed by atoms with van der Waals surface area (Å²) in [5, 5.41) is 0. The van der Waals surface area contributed by atoms with E-state index in [0.717, 1.165) is 19.3 Å². The Morgan fingerprint density at radius 1 is 1.23 bits per heavy atom. The number of hydrogen-bond donors (Lipinski definition) is 1. The third-order valence-electron chi connectivity index (χ3n) is 4.38. The van der Waals surface area contributed by atoms with Gasteiger partial charge in [0.25, 0.3) is 0 Å². The lowest BCUT2D eigenvalue weighted by molar-refractivity contribution is -0.148. The lowest BCUT2D eigenvalue weighted by atomic mass is 9.93. The van der Waals surface area contributed by atoms with Crippen molar-refractivity contribution >= 4 is 29.9 Å². The van der Waals surface area contributed by atoms with Crippen molar-refractivity contribution in [1.82, 2.24) is 9.80 Å². The number of nitrogens with two attached hydrogens (primary N) is 1. The maximum atomic E-state index is 12.3. The molecule has 1 saturated heterocycles. The van der Waals surface area contributed by atoms with Crippen LogP contribution < -0.4 is 5.73 Å². The maximum Gasteiger partial charge on any atom is 0.401 e. The Hall–Kier alpha value is -0.250. The average molecular weight is 434 g/mol. The van der Waals surface area contributed by atoms with Crippen LogP contribution in [-0.4, -0.2) is 61.2 Å². The number of halogens is 4. The molecule has 1 saturated carbocycles. The van der Waals surface area contributed by atoms with Crippen LogP contribution in [0.15, 0.2) is 4.99 Å². The molecule has 2 fully saturated rings. The van der Waals surface area contributed by atoms with Gasteiger partial charge in [-0.2, -0.15) is 13.2 Å². The Balaban J connectivity index is 0.00000242. The number of hydrogen-bond acceptors (Lipinski definition) is 2. The molecule has 1 aliphatic heterocycles. The molecule has 0 spiro atoms. The largest absolute Gasteiger partial charge is 0.401 e. The molecule has 8 heteroatoms. The standard InChI is InChI=1S/C14H25F3N4.HI/c1-20(12-2-3-12)13(18)19-7-4-11-5-8-21(9-6-11)10-14(15,16)17;/h11-12H,2-10H2,1H3,(H2,18,19);1H. The molecule has 2 aliphatic rings. The van der Waals surface area contributed by atoms with Gasteiger partial charge in [-0.25, -0.2) is 0 Å². The van der Waals surface area contributed by atoms with Crippen LogP contribution in [0.4, 0.5) is 13.2 Å². The van der Waals surface area contributed by atoms with Crippen molar-refractivity contribution < 1.29 is 13.2 Å². The summed E-state index contributed by atoms with van der Waals surface area (Å²) in [5.74, 6) is 1.06. The molecule has 0 bridgehead atoms. The molecule has 0 unspecified atom stereocenters. The van der Waals surface area contributed by atoms with Gasteiger partial charge in [-0.05, 0) is 51.1 Å². The fourth-order valence-corrected chi connectivity index (χ4v) is 2.81. The fourth-order valence-electron chi connectivity index (χ4n) is 2.81. The summed E-state index contributed by atoms with van der Waals surface area (Å²) in [6.45, 7) is 0.959. The highest BCUT2D eigenvalue weighted by atomic mass is 127. The summed E-state index contributed by atoms with van der Waals surface area (Å²) in [5.41, 5.74) is 5.91. The Bertz CT molecular complexity index is 364. The molecule has 0 aromatic rings. The zero-order valence-corrected chi connectivity index (χ0v) is 15.3. The van der Waals surface area contributed by atoms with Crippen LogP contribution in [0.5, 0.6) is 0 Å². The number of rotatable bonds is 5. The van der Waals surface area contributed by atoms with Gasteiger partial charge in [0.1, 0.15) is 0 Å². The van der Waals surface area contributed by atoms with Gasteiger partial charge in [0.05, 0.1) is 6.54 Å². The smallest absolute Gasteiger partial charge is 0.370 e. The van der Waals surface area contributed by atoms with E-state index in [-0.39, 0.29) is 24.0 Å². The van der Waals surface area contributed by atoms with Crippen molar-refractivity contribution in [3.05, 3.63) is 0 Å². The molecule has 1 heterocycles. The maximum absolute atomic E-state index is 12.3. The van der Waals surface area contributed by atoms with E-state index >= 15 is 0 Å². The summed E-state index contributed by atoms with van der Waals surface area (Å²) in [7, 11) is 1.96. The van der Waals surface area contributed by atoms with E-state index in [9.17, 15) is 13.2 Å². The van der Waals surface area contributed by atoms with Gasteiger partial charge >= 0.3 is 6.18 Å². The average Bonchev–Trinajstić information content (AvgIpc) is 3.22. The van der Waals surface area contributed by atoms with Crippen molar-refractivity contribution in [2.75, 3.05) is 33.2 Å². The van der Waals surface area contributed by atoms with Gasteiger partial charge in [-0.15, -0.1) is 24.0 Å². The van der Waals surface area contributed by atoms with Crippen LogP contribution in [0.2, 0.25) is 0 Å². The first kappa shape index (κ1) is 19.8. The third-order valence-corrected chi connectivity index (χ3v) is 4.38. The van der Waals surface area contributed by atoms with Crippen molar-refractivity contribution in [2.24, 2.45) is 16.6 Å². The summed E-state index contributed by atoms with van der Waals surface area (Å²) in [6, 6.07) is 0.555. The summed E-state index contributed by atoms with van der Waals surface area (Å²) < 4.78 is 36.9. The van der Waals surface area contributed by atoms with E-state index in [1.165, 1.54) is 17.7 Å². The third kappa shape index (κ3) is 6.89. The minimum Gasteiger partial charge on any atom is -0.370 e. The number of nitrogens with zero attached hydrogens (tertiary/aromatic N) is 3. The first-order valence-corrected chi connectivity index (χ1v) is 7.67. The monoisotopic (exact) mass is 434 g/mol.